The number of pyridine rings is 1. The highest BCUT2D eigenvalue weighted by molar-refractivity contribution is 5.34. The van der Waals surface area contributed by atoms with Crippen molar-refractivity contribution in [1.29, 1.82) is 0 Å². The SMILES string of the molecule is CCCN(CCc1ccc(N)cn1)C1CC1. The zero-order chi connectivity index (χ0) is 11.4. The molecule has 0 aliphatic heterocycles. The summed E-state index contributed by atoms with van der Waals surface area (Å²) in [5.41, 5.74) is 7.51. The van der Waals surface area contributed by atoms with E-state index >= 15 is 0 Å². The molecule has 16 heavy (non-hydrogen) atoms. The molecule has 0 amide bonds. The largest absolute Gasteiger partial charge is 0.397 e. The number of nitrogens with zero attached hydrogens (tertiary/aromatic N) is 2. The Balaban J connectivity index is 1.82. The number of aromatic nitrogens is 1. The van der Waals surface area contributed by atoms with E-state index in [1.807, 2.05) is 12.1 Å². The Morgan fingerprint density at radius 1 is 1.38 bits per heavy atom. The summed E-state index contributed by atoms with van der Waals surface area (Å²) in [6, 6.07) is 4.82. The van der Waals surface area contributed by atoms with Gasteiger partial charge in [-0.15, -0.1) is 0 Å². The Morgan fingerprint density at radius 3 is 2.75 bits per heavy atom. The second-order valence-corrected chi connectivity index (χ2v) is 4.60. The lowest BCUT2D eigenvalue weighted by Crippen LogP contribution is -2.29. The maximum absolute atomic E-state index is 5.62. The normalized spacial score (nSPS) is 15.6. The number of anilines is 1. The quantitative estimate of drug-likeness (QED) is 0.796. The van der Waals surface area contributed by atoms with Gasteiger partial charge in [0.25, 0.3) is 0 Å². The van der Waals surface area contributed by atoms with Gasteiger partial charge in [0.05, 0.1) is 11.9 Å². The third-order valence-corrected chi connectivity index (χ3v) is 3.08. The molecular formula is C13H21N3. The zero-order valence-corrected chi connectivity index (χ0v) is 10.0. The molecule has 0 bridgehead atoms. The summed E-state index contributed by atoms with van der Waals surface area (Å²) in [7, 11) is 0. The minimum absolute atomic E-state index is 0.747. The molecule has 0 atom stereocenters. The molecule has 1 aromatic rings. The maximum Gasteiger partial charge on any atom is 0.0501 e. The van der Waals surface area contributed by atoms with Crippen LogP contribution in [0, 0.1) is 0 Å². The molecule has 2 rings (SSSR count). The van der Waals surface area contributed by atoms with Crippen molar-refractivity contribution in [3.63, 3.8) is 0 Å². The van der Waals surface area contributed by atoms with Crippen LogP contribution in [0.15, 0.2) is 18.3 Å². The van der Waals surface area contributed by atoms with Gasteiger partial charge in [-0.25, -0.2) is 0 Å². The van der Waals surface area contributed by atoms with Crippen molar-refractivity contribution in [2.75, 3.05) is 18.8 Å². The van der Waals surface area contributed by atoms with E-state index in [0.29, 0.717) is 0 Å². The standard InChI is InChI=1S/C13H21N3/c1-2-8-16(13-5-6-13)9-7-12-4-3-11(14)10-15-12/h3-4,10,13H,2,5-9,14H2,1H3. The van der Waals surface area contributed by atoms with Gasteiger partial charge in [-0.3, -0.25) is 4.98 Å². The first kappa shape index (κ1) is 11.4. The molecule has 2 N–H and O–H groups in total. The second kappa shape index (κ2) is 5.30. The van der Waals surface area contributed by atoms with Crippen LogP contribution in [0.4, 0.5) is 5.69 Å². The Bertz CT molecular complexity index is 316. The second-order valence-electron chi connectivity index (χ2n) is 4.60. The molecule has 3 heteroatoms. The Hall–Kier alpha value is -1.09. The summed E-state index contributed by atoms with van der Waals surface area (Å²) in [5.74, 6) is 0. The van der Waals surface area contributed by atoms with Gasteiger partial charge in [0, 0.05) is 24.7 Å². The molecule has 1 saturated carbocycles. The molecule has 0 unspecified atom stereocenters. The lowest BCUT2D eigenvalue weighted by molar-refractivity contribution is 0.266. The van der Waals surface area contributed by atoms with Crippen molar-refractivity contribution in [3.8, 4) is 0 Å². The summed E-state index contributed by atoms with van der Waals surface area (Å²) >= 11 is 0. The van der Waals surface area contributed by atoms with Crippen molar-refractivity contribution in [2.24, 2.45) is 0 Å². The first-order valence-corrected chi connectivity index (χ1v) is 6.24. The Kier molecular flexibility index (Phi) is 3.78. The summed E-state index contributed by atoms with van der Waals surface area (Å²) < 4.78 is 0. The van der Waals surface area contributed by atoms with Crippen LogP contribution >= 0.6 is 0 Å². The average Bonchev–Trinajstić information content (AvgIpc) is 3.10. The van der Waals surface area contributed by atoms with Gasteiger partial charge < -0.3 is 10.6 Å². The molecule has 0 aromatic carbocycles. The lowest BCUT2D eigenvalue weighted by atomic mass is 10.2. The molecular weight excluding hydrogens is 198 g/mol. The van der Waals surface area contributed by atoms with E-state index in [-0.39, 0.29) is 0 Å². The van der Waals surface area contributed by atoms with Crippen molar-refractivity contribution >= 4 is 5.69 Å². The lowest BCUT2D eigenvalue weighted by Gasteiger charge is -2.20. The molecule has 1 aromatic heterocycles. The third kappa shape index (κ3) is 3.20. The molecule has 0 saturated heterocycles. The van der Waals surface area contributed by atoms with E-state index in [1.165, 1.54) is 25.8 Å². The molecule has 88 valence electrons. The van der Waals surface area contributed by atoms with Gasteiger partial charge in [-0.05, 0) is 37.9 Å². The predicted octanol–water partition coefficient (Wildman–Crippen LogP) is 2.08. The van der Waals surface area contributed by atoms with E-state index < -0.39 is 0 Å². The van der Waals surface area contributed by atoms with Gasteiger partial charge in [-0.1, -0.05) is 6.92 Å². The van der Waals surface area contributed by atoms with Gasteiger partial charge in [0.2, 0.25) is 0 Å². The average molecular weight is 219 g/mol. The van der Waals surface area contributed by atoms with Crippen molar-refractivity contribution in [3.05, 3.63) is 24.0 Å². The van der Waals surface area contributed by atoms with Gasteiger partial charge >= 0.3 is 0 Å². The highest BCUT2D eigenvalue weighted by atomic mass is 15.2. The maximum atomic E-state index is 5.62. The fraction of sp³-hybridized carbons (Fsp3) is 0.615. The summed E-state index contributed by atoms with van der Waals surface area (Å²) in [6.45, 7) is 4.60. The molecule has 3 nitrogen and oxygen atoms in total. The molecule has 0 radical (unpaired) electrons. The highest BCUT2D eigenvalue weighted by Gasteiger charge is 2.27. The fourth-order valence-corrected chi connectivity index (χ4v) is 2.05. The van der Waals surface area contributed by atoms with Crippen LogP contribution in [-0.4, -0.2) is 29.0 Å². The van der Waals surface area contributed by atoms with Crippen LogP contribution in [-0.2, 0) is 6.42 Å². The monoisotopic (exact) mass is 219 g/mol. The summed E-state index contributed by atoms with van der Waals surface area (Å²) in [5, 5.41) is 0. The summed E-state index contributed by atoms with van der Waals surface area (Å²) in [4.78, 5) is 6.93. The number of rotatable bonds is 6. The van der Waals surface area contributed by atoms with Crippen LogP contribution < -0.4 is 5.73 Å². The van der Waals surface area contributed by atoms with Crippen LogP contribution in [0.25, 0.3) is 0 Å². The number of nitrogen functional groups attached to an aromatic ring is 1. The first-order chi connectivity index (χ1) is 7.79. The predicted molar refractivity (Wildman–Crippen MR) is 67.2 cm³/mol. The van der Waals surface area contributed by atoms with E-state index in [4.69, 9.17) is 5.73 Å². The fourth-order valence-electron chi connectivity index (χ4n) is 2.05. The van der Waals surface area contributed by atoms with E-state index in [9.17, 15) is 0 Å². The molecule has 1 aliphatic carbocycles. The Morgan fingerprint density at radius 2 is 2.19 bits per heavy atom. The van der Waals surface area contributed by atoms with Crippen molar-refractivity contribution in [1.82, 2.24) is 9.88 Å². The first-order valence-electron chi connectivity index (χ1n) is 6.24. The number of hydrogen-bond donors (Lipinski definition) is 1. The minimum atomic E-state index is 0.747. The third-order valence-electron chi connectivity index (χ3n) is 3.08. The van der Waals surface area contributed by atoms with Gasteiger partial charge in [0.1, 0.15) is 0 Å². The highest BCUT2D eigenvalue weighted by Crippen LogP contribution is 2.26. The van der Waals surface area contributed by atoms with Crippen LogP contribution in [0.3, 0.4) is 0 Å². The topological polar surface area (TPSA) is 42.1 Å². The number of nitrogens with two attached hydrogens (primary N) is 1. The van der Waals surface area contributed by atoms with Crippen LogP contribution in [0.1, 0.15) is 31.9 Å². The van der Waals surface area contributed by atoms with Gasteiger partial charge in [0.15, 0.2) is 0 Å². The van der Waals surface area contributed by atoms with Crippen LogP contribution in [0.2, 0.25) is 0 Å². The number of hydrogen-bond acceptors (Lipinski definition) is 3. The molecule has 1 heterocycles. The van der Waals surface area contributed by atoms with Crippen molar-refractivity contribution < 1.29 is 0 Å². The smallest absolute Gasteiger partial charge is 0.0501 e. The summed E-state index contributed by atoms with van der Waals surface area (Å²) in [6.07, 6.45) is 6.80. The Labute approximate surface area is 97.7 Å². The molecule has 1 fully saturated rings. The van der Waals surface area contributed by atoms with Gasteiger partial charge in [-0.2, -0.15) is 0 Å². The molecule has 0 spiro atoms. The van der Waals surface area contributed by atoms with Crippen LogP contribution in [0.5, 0.6) is 0 Å². The minimum Gasteiger partial charge on any atom is -0.397 e. The van der Waals surface area contributed by atoms with E-state index in [0.717, 1.165) is 30.4 Å². The zero-order valence-electron chi connectivity index (χ0n) is 10.0. The van der Waals surface area contributed by atoms with E-state index in [2.05, 4.69) is 16.8 Å². The van der Waals surface area contributed by atoms with E-state index in [1.54, 1.807) is 6.20 Å². The van der Waals surface area contributed by atoms with Crippen molar-refractivity contribution in [2.45, 2.75) is 38.6 Å². The molecule has 1 aliphatic rings.